The Morgan fingerprint density at radius 3 is 2.63 bits per heavy atom. The molecule has 0 bridgehead atoms. The molecule has 0 aliphatic carbocycles. The summed E-state index contributed by atoms with van der Waals surface area (Å²) in [5.74, 6) is 1.15. The van der Waals surface area contributed by atoms with Crippen LogP contribution in [0.25, 0.3) is 11.4 Å². The fourth-order valence-corrected chi connectivity index (χ4v) is 3.57. The van der Waals surface area contributed by atoms with Crippen LogP contribution < -0.4 is 4.74 Å². The molecule has 0 spiro atoms. The third kappa shape index (κ3) is 5.86. The fraction of sp³-hybridized carbons (Fsp3) is 0.286. The highest BCUT2D eigenvalue weighted by Crippen LogP contribution is 2.28. The molecular formula is C21H20Cl2IN3O3. The smallest absolute Gasteiger partial charge is 0.261 e. The molecule has 3 rings (SSSR count). The molecule has 1 heterocycles. The summed E-state index contributed by atoms with van der Waals surface area (Å²) in [6.07, 6.45) is 0.777. The SMILES string of the molecule is CCC(C)N(Cc1nc(-c2ccc(Cl)cc2Cl)no1)C(=O)COc1ccc(I)cc1. The minimum Gasteiger partial charge on any atom is -0.484 e. The number of amides is 1. The van der Waals surface area contributed by atoms with E-state index in [1.165, 1.54) is 0 Å². The molecule has 0 aliphatic rings. The normalized spacial score (nSPS) is 11.9. The number of aromatic nitrogens is 2. The zero-order valence-corrected chi connectivity index (χ0v) is 20.1. The number of benzene rings is 2. The number of ether oxygens (including phenoxy) is 1. The Bertz CT molecular complexity index is 1010. The van der Waals surface area contributed by atoms with Gasteiger partial charge in [-0.3, -0.25) is 4.79 Å². The predicted octanol–water partition coefficient (Wildman–Crippen LogP) is 5.85. The van der Waals surface area contributed by atoms with E-state index in [2.05, 4.69) is 32.7 Å². The van der Waals surface area contributed by atoms with Gasteiger partial charge in [-0.2, -0.15) is 4.98 Å². The maximum Gasteiger partial charge on any atom is 0.261 e. The third-order valence-electron chi connectivity index (χ3n) is 4.56. The molecule has 3 aromatic rings. The molecule has 1 unspecified atom stereocenters. The average molecular weight is 560 g/mol. The molecule has 1 atom stereocenters. The Balaban J connectivity index is 1.71. The van der Waals surface area contributed by atoms with Gasteiger partial charge >= 0.3 is 0 Å². The van der Waals surface area contributed by atoms with Gasteiger partial charge in [-0.1, -0.05) is 35.3 Å². The van der Waals surface area contributed by atoms with Crippen molar-refractivity contribution in [1.29, 1.82) is 0 Å². The summed E-state index contributed by atoms with van der Waals surface area (Å²) in [6, 6.07) is 12.6. The van der Waals surface area contributed by atoms with E-state index in [0.29, 0.717) is 33.1 Å². The quantitative estimate of drug-likeness (QED) is 0.324. The van der Waals surface area contributed by atoms with Crippen molar-refractivity contribution in [3.63, 3.8) is 0 Å². The van der Waals surface area contributed by atoms with E-state index >= 15 is 0 Å². The van der Waals surface area contributed by atoms with Crippen LogP contribution in [0, 0.1) is 3.57 Å². The summed E-state index contributed by atoms with van der Waals surface area (Å²) in [4.78, 5) is 18.9. The van der Waals surface area contributed by atoms with Gasteiger partial charge in [-0.15, -0.1) is 0 Å². The van der Waals surface area contributed by atoms with Gasteiger partial charge in [0, 0.05) is 20.2 Å². The summed E-state index contributed by atoms with van der Waals surface area (Å²) < 4.78 is 12.1. The van der Waals surface area contributed by atoms with Gasteiger partial charge in [0.2, 0.25) is 11.7 Å². The van der Waals surface area contributed by atoms with Crippen LogP contribution in [0.3, 0.4) is 0 Å². The molecule has 9 heteroatoms. The first-order valence-corrected chi connectivity index (χ1v) is 11.2. The van der Waals surface area contributed by atoms with Gasteiger partial charge in [-0.05, 0) is 78.4 Å². The molecule has 0 saturated carbocycles. The minimum atomic E-state index is -0.160. The summed E-state index contributed by atoms with van der Waals surface area (Å²) in [7, 11) is 0. The van der Waals surface area contributed by atoms with Crippen LogP contribution in [-0.4, -0.2) is 33.6 Å². The summed E-state index contributed by atoms with van der Waals surface area (Å²) >= 11 is 14.4. The Morgan fingerprint density at radius 1 is 1.23 bits per heavy atom. The Morgan fingerprint density at radius 2 is 1.97 bits per heavy atom. The van der Waals surface area contributed by atoms with Crippen molar-refractivity contribution in [2.75, 3.05) is 6.61 Å². The topological polar surface area (TPSA) is 68.5 Å². The van der Waals surface area contributed by atoms with Crippen LogP contribution in [-0.2, 0) is 11.3 Å². The molecule has 1 aromatic heterocycles. The van der Waals surface area contributed by atoms with Crippen molar-refractivity contribution in [2.24, 2.45) is 0 Å². The standard InChI is InChI=1S/C21H20Cl2IN3O3/c1-3-13(2)27(20(28)12-29-16-7-5-15(24)6-8-16)11-19-25-21(26-30-19)17-9-4-14(22)10-18(17)23/h4-10,13H,3,11-12H2,1-2H3. The van der Waals surface area contributed by atoms with E-state index in [1.54, 1.807) is 23.1 Å². The van der Waals surface area contributed by atoms with Crippen molar-refractivity contribution >= 4 is 51.7 Å². The molecule has 2 aromatic carbocycles. The number of halogens is 3. The first-order chi connectivity index (χ1) is 14.4. The van der Waals surface area contributed by atoms with Gasteiger partial charge in [0.1, 0.15) is 12.3 Å². The van der Waals surface area contributed by atoms with Crippen molar-refractivity contribution in [3.05, 3.63) is 62.0 Å². The molecule has 1 amide bonds. The van der Waals surface area contributed by atoms with E-state index in [4.69, 9.17) is 32.5 Å². The average Bonchev–Trinajstić information content (AvgIpc) is 3.19. The van der Waals surface area contributed by atoms with Crippen LogP contribution in [0.1, 0.15) is 26.2 Å². The summed E-state index contributed by atoms with van der Waals surface area (Å²) in [5, 5.41) is 4.94. The Kier molecular flexibility index (Phi) is 7.96. The van der Waals surface area contributed by atoms with E-state index in [9.17, 15) is 4.79 Å². The number of carbonyl (C=O) groups excluding carboxylic acids is 1. The largest absolute Gasteiger partial charge is 0.484 e. The minimum absolute atomic E-state index is 0.0210. The van der Waals surface area contributed by atoms with Gasteiger partial charge < -0.3 is 14.2 Å². The number of rotatable bonds is 8. The zero-order valence-electron chi connectivity index (χ0n) is 16.4. The molecule has 0 N–H and O–H groups in total. The highest BCUT2D eigenvalue weighted by molar-refractivity contribution is 14.1. The second-order valence-corrected chi connectivity index (χ2v) is 8.75. The first-order valence-electron chi connectivity index (χ1n) is 9.33. The number of hydrogen-bond acceptors (Lipinski definition) is 5. The van der Waals surface area contributed by atoms with Crippen LogP contribution in [0.5, 0.6) is 5.75 Å². The lowest BCUT2D eigenvalue weighted by molar-refractivity contribution is -0.136. The molecule has 6 nitrogen and oxygen atoms in total. The van der Waals surface area contributed by atoms with Gasteiger partial charge in [0.25, 0.3) is 5.91 Å². The second-order valence-electron chi connectivity index (χ2n) is 6.66. The van der Waals surface area contributed by atoms with Crippen molar-refractivity contribution in [3.8, 4) is 17.1 Å². The van der Waals surface area contributed by atoms with E-state index in [1.807, 2.05) is 38.1 Å². The monoisotopic (exact) mass is 559 g/mol. The van der Waals surface area contributed by atoms with Gasteiger partial charge in [0.05, 0.1) is 5.02 Å². The number of hydrogen-bond donors (Lipinski definition) is 0. The molecule has 30 heavy (non-hydrogen) atoms. The first kappa shape index (κ1) is 22.8. The Labute approximate surface area is 198 Å². The second kappa shape index (κ2) is 10.5. The molecule has 0 fully saturated rings. The van der Waals surface area contributed by atoms with Gasteiger partial charge in [0.15, 0.2) is 6.61 Å². The lowest BCUT2D eigenvalue weighted by Crippen LogP contribution is -2.40. The fourth-order valence-electron chi connectivity index (χ4n) is 2.71. The van der Waals surface area contributed by atoms with E-state index in [0.717, 1.165) is 9.99 Å². The molecule has 0 radical (unpaired) electrons. The predicted molar refractivity (Wildman–Crippen MR) is 125 cm³/mol. The highest BCUT2D eigenvalue weighted by atomic mass is 127. The summed E-state index contributed by atoms with van der Waals surface area (Å²) in [6.45, 7) is 4.09. The zero-order chi connectivity index (χ0) is 21.7. The lowest BCUT2D eigenvalue weighted by atomic mass is 10.2. The van der Waals surface area contributed by atoms with Crippen LogP contribution in [0.4, 0.5) is 0 Å². The molecule has 0 saturated heterocycles. The number of carbonyl (C=O) groups is 1. The maximum atomic E-state index is 12.8. The van der Waals surface area contributed by atoms with Crippen molar-refractivity contribution < 1.29 is 14.1 Å². The van der Waals surface area contributed by atoms with Crippen LogP contribution >= 0.6 is 45.8 Å². The van der Waals surface area contributed by atoms with Crippen LogP contribution in [0.15, 0.2) is 47.0 Å². The number of nitrogens with zero attached hydrogens (tertiary/aromatic N) is 3. The van der Waals surface area contributed by atoms with Crippen molar-refractivity contribution in [1.82, 2.24) is 15.0 Å². The van der Waals surface area contributed by atoms with Gasteiger partial charge in [-0.25, -0.2) is 0 Å². The van der Waals surface area contributed by atoms with Crippen molar-refractivity contribution in [2.45, 2.75) is 32.9 Å². The lowest BCUT2D eigenvalue weighted by Gasteiger charge is -2.27. The van der Waals surface area contributed by atoms with E-state index in [-0.39, 0.29) is 25.1 Å². The maximum absolute atomic E-state index is 12.8. The van der Waals surface area contributed by atoms with Crippen LogP contribution in [0.2, 0.25) is 10.0 Å². The molecular weight excluding hydrogens is 540 g/mol. The molecule has 158 valence electrons. The summed E-state index contributed by atoms with van der Waals surface area (Å²) in [5.41, 5.74) is 0.611. The Hall–Kier alpha value is -1.84. The third-order valence-corrected chi connectivity index (χ3v) is 5.83. The van der Waals surface area contributed by atoms with E-state index < -0.39 is 0 Å². The highest BCUT2D eigenvalue weighted by Gasteiger charge is 2.23. The molecule has 0 aliphatic heterocycles.